The van der Waals surface area contributed by atoms with Crippen molar-refractivity contribution in [3.05, 3.63) is 21.9 Å². The highest BCUT2D eigenvalue weighted by molar-refractivity contribution is 9.10. The van der Waals surface area contributed by atoms with E-state index in [0.29, 0.717) is 28.5 Å². The second-order valence-corrected chi connectivity index (χ2v) is 9.77. The van der Waals surface area contributed by atoms with Gasteiger partial charge >= 0.3 is 6.09 Å². The number of hydrogen-bond acceptors (Lipinski definition) is 8. The Labute approximate surface area is 199 Å². The molecule has 1 saturated heterocycles. The Balaban J connectivity index is 1.68. The minimum atomic E-state index is -0.555. The Hall–Kier alpha value is -2.35. The molecule has 2 atom stereocenters. The number of ether oxygens (including phenoxy) is 2. The third-order valence-corrected chi connectivity index (χ3v) is 6.06. The molecule has 0 radical (unpaired) electrons. The van der Waals surface area contributed by atoms with Crippen LogP contribution in [0.5, 0.6) is 11.6 Å². The lowest BCUT2D eigenvalue weighted by Gasteiger charge is -2.25. The summed E-state index contributed by atoms with van der Waals surface area (Å²) in [6, 6.07) is 3.50. The Morgan fingerprint density at radius 1 is 1.50 bits per heavy atom. The number of hydrogen-bond donors (Lipinski definition) is 2. The molecule has 1 aliphatic heterocycles. The molecule has 1 aliphatic rings. The number of benzene rings is 1. The van der Waals surface area contributed by atoms with E-state index in [1.807, 2.05) is 20.8 Å². The van der Waals surface area contributed by atoms with E-state index in [0.717, 1.165) is 6.42 Å². The number of halogens is 2. The Kier molecular flexibility index (Phi) is 7.64. The number of carbonyl (C=O) groups is 1. The predicted molar refractivity (Wildman–Crippen MR) is 123 cm³/mol. The summed E-state index contributed by atoms with van der Waals surface area (Å²) >= 11 is 9.77. The zero-order valence-corrected chi connectivity index (χ0v) is 20.4. The van der Waals surface area contributed by atoms with Gasteiger partial charge in [-0.25, -0.2) is 14.8 Å². The van der Waals surface area contributed by atoms with Crippen LogP contribution in [-0.2, 0) is 4.74 Å². The minimum absolute atomic E-state index is 0.00377. The van der Waals surface area contributed by atoms with Crippen molar-refractivity contribution < 1.29 is 19.4 Å². The van der Waals surface area contributed by atoms with E-state index in [-0.39, 0.29) is 47.9 Å². The maximum atomic E-state index is 12.3. The molecule has 0 spiro atoms. The number of nitrogens with one attached hydrogen (secondary N) is 1. The van der Waals surface area contributed by atoms with Gasteiger partial charge in [0.25, 0.3) is 0 Å². The molecule has 1 aromatic carbocycles. The lowest BCUT2D eigenvalue weighted by atomic mass is 10.1. The van der Waals surface area contributed by atoms with Crippen molar-refractivity contribution in [2.45, 2.75) is 51.3 Å². The number of nitrogens with zero attached hydrogens (tertiary/aromatic N) is 4. The molecule has 11 heteroatoms. The van der Waals surface area contributed by atoms with Crippen LogP contribution < -0.4 is 10.1 Å². The van der Waals surface area contributed by atoms with Gasteiger partial charge in [0.05, 0.1) is 29.1 Å². The first-order valence-corrected chi connectivity index (χ1v) is 11.3. The smallest absolute Gasteiger partial charge is 0.410 e. The fraction of sp³-hybridized carbons (Fsp3) is 0.524. The molecule has 9 nitrogen and oxygen atoms in total. The molecule has 0 aliphatic carbocycles. The minimum Gasteiger partial charge on any atom is -0.493 e. The van der Waals surface area contributed by atoms with Gasteiger partial charge in [-0.2, -0.15) is 5.26 Å². The average molecular weight is 527 g/mol. The number of aromatic hydroxyl groups is 1. The largest absolute Gasteiger partial charge is 0.493 e. The molecule has 2 heterocycles. The molecule has 1 amide bonds. The maximum absolute atomic E-state index is 12.3. The van der Waals surface area contributed by atoms with Gasteiger partial charge in [0, 0.05) is 23.6 Å². The van der Waals surface area contributed by atoms with Gasteiger partial charge in [0.15, 0.2) is 5.75 Å². The van der Waals surface area contributed by atoms with Crippen molar-refractivity contribution in [1.29, 1.82) is 5.26 Å². The van der Waals surface area contributed by atoms with Gasteiger partial charge in [0.2, 0.25) is 5.88 Å². The van der Waals surface area contributed by atoms with Crippen LogP contribution in [0.15, 0.2) is 16.9 Å². The van der Waals surface area contributed by atoms with Crippen LogP contribution in [0.25, 0.3) is 10.9 Å². The third-order valence-electron chi connectivity index (χ3n) is 4.83. The molecular formula is C21H25BrClN5O4. The summed E-state index contributed by atoms with van der Waals surface area (Å²) in [5.74, 6) is -0.00586. The van der Waals surface area contributed by atoms with E-state index >= 15 is 0 Å². The van der Waals surface area contributed by atoms with Crippen molar-refractivity contribution in [1.82, 2.24) is 20.2 Å². The van der Waals surface area contributed by atoms with Crippen molar-refractivity contribution in [2.75, 3.05) is 19.7 Å². The normalized spacial score (nSPS) is 17.2. The van der Waals surface area contributed by atoms with E-state index < -0.39 is 5.60 Å². The SMILES string of the molecule is CC(C)(C)OC(=O)N1CCC(N[C@@H](CC#N)COc2c(Cl)c(Br)cc3ncnc(O)c23)C1. The fourth-order valence-electron chi connectivity index (χ4n) is 3.44. The summed E-state index contributed by atoms with van der Waals surface area (Å²) in [4.78, 5) is 21.9. The molecule has 2 aromatic rings. The molecule has 32 heavy (non-hydrogen) atoms. The average Bonchev–Trinajstić information content (AvgIpc) is 3.16. The van der Waals surface area contributed by atoms with E-state index in [4.69, 9.17) is 21.1 Å². The van der Waals surface area contributed by atoms with Crippen LogP contribution >= 0.6 is 27.5 Å². The summed E-state index contributed by atoms with van der Waals surface area (Å²) in [7, 11) is 0. The van der Waals surface area contributed by atoms with Gasteiger partial charge in [-0.15, -0.1) is 0 Å². The molecular weight excluding hydrogens is 502 g/mol. The monoisotopic (exact) mass is 525 g/mol. The number of rotatable bonds is 6. The molecule has 0 saturated carbocycles. The molecule has 1 unspecified atom stereocenters. The molecule has 1 aromatic heterocycles. The highest BCUT2D eigenvalue weighted by Crippen LogP contribution is 2.41. The lowest BCUT2D eigenvalue weighted by Crippen LogP contribution is -2.44. The summed E-state index contributed by atoms with van der Waals surface area (Å²) in [5.41, 5.74) is -0.0847. The molecule has 3 rings (SSSR count). The first-order chi connectivity index (χ1) is 15.1. The zero-order chi connectivity index (χ0) is 23.5. The van der Waals surface area contributed by atoms with Crippen molar-refractivity contribution in [2.24, 2.45) is 0 Å². The standard InChI is InChI=1S/C21H25BrClN5O4/c1-21(2,3)32-20(30)28-7-5-12(9-28)27-13(4-6-24)10-31-18-16-15(8-14(22)17(18)23)25-11-26-19(16)29/h8,11-13,27H,4-5,7,9-10H2,1-3H3,(H,25,26,29)/t12?,13-/m0/s1. The van der Waals surface area contributed by atoms with Crippen LogP contribution in [0, 0.1) is 11.3 Å². The summed E-state index contributed by atoms with van der Waals surface area (Å²) in [5, 5.41) is 23.4. The van der Waals surface area contributed by atoms with Crippen molar-refractivity contribution in [3.63, 3.8) is 0 Å². The van der Waals surface area contributed by atoms with Crippen LogP contribution in [0.2, 0.25) is 5.02 Å². The second kappa shape index (κ2) is 10.1. The van der Waals surface area contributed by atoms with Gasteiger partial charge in [-0.1, -0.05) is 11.6 Å². The number of nitriles is 1. The van der Waals surface area contributed by atoms with Crippen molar-refractivity contribution in [3.8, 4) is 17.7 Å². The van der Waals surface area contributed by atoms with Gasteiger partial charge in [-0.3, -0.25) is 0 Å². The number of likely N-dealkylation sites (tertiary alicyclic amines) is 1. The number of fused-ring (bicyclic) bond motifs is 1. The first-order valence-electron chi connectivity index (χ1n) is 10.1. The topological polar surface area (TPSA) is 121 Å². The molecule has 0 bridgehead atoms. The van der Waals surface area contributed by atoms with Crippen LogP contribution in [0.3, 0.4) is 0 Å². The summed E-state index contributed by atoms with van der Waals surface area (Å²) in [6.07, 6.45) is 1.82. The number of aromatic nitrogens is 2. The van der Waals surface area contributed by atoms with E-state index in [1.54, 1.807) is 11.0 Å². The van der Waals surface area contributed by atoms with E-state index in [2.05, 4.69) is 37.3 Å². The van der Waals surface area contributed by atoms with Crippen molar-refractivity contribution >= 4 is 44.5 Å². The predicted octanol–water partition coefficient (Wildman–Crippen LogP) is 4.01. The third kappa shape index (κ3) is 5.91. The maximum Gasteiger partial charge on any atom is 0.410 e. The highest BCUT2D eigenvalue weighted by Gasteiger charge is 2.31. The van der Waals surface area contributed by atoms with Gasteiger partial charge < -0.3 is 24.8 Å². The van der Waals surface area contributed by atoms with Crippen LogP contribution in [-0.4, -0.2) is 63.4 Å². The molecule has 1 fully saturated rings. The Bertz CT molecular complexity index is 1040. The molecule has 172 valence electrons. The Morgan fingerprint density at radius 3 is 2.94 bits per heavy atom. The van der Waals surface area contributed by atoms with E-state index in [9.17, 15) is 15.2 Å². The van der Waals surface area contributed by atoms with Crippen LogP contribution in [0.4, 0.5) is 4.79 Å². The summed E-state index contributed by atoms with van der Waals surface area (Å²) < 4.78 is 12.0. The first kappa shape index (κ1) is 24.3. The second-order valence-electron chi connectivity index (χ2n) is 8.54. The quantitative estimate of drug-likeness (QED) is 0.579. The zero-order valence-electron chi connectivity index (χ0n) is 18.1. The van der Waals surface area contributed by atoms with Gasteiger partial charge in [0.1, 0.15) is 23.9 Å². The fourth-order valence-corrected chi connectivity index (χ4v) is 4.04. The highest BCUT2D eigenvalue weighted by atomic mass is 79.9. The van der Waals surface area contributed by atoms with E-state index in [1.165, 1.54) is 6.33 Å². The number of amides is 1. The van der Waals surface area contributed by atoms with Crippen LogP contribution in [0.1, 0.15) is 33.6 Å². The Morgan fingerprint density at radius 2 is 2.25 bits per heavy atom. The summed E-state index contributed by atoms with van der Waals surface area (Å²) in [6.45, 7) is 6.66. The lowest BCUT2D eigenvalue weighted by molar-refractivity contribution is 0.0290. The molecule has 2 N–H and O–H groups in total. The van der Waals surface area contributed by atoms with Gasteiger partial charge in [-0.05, 0) is 49.2 Å². The number of carbonyl (C=O) groups excluding carboxylic acids is 1.